The van der Waals surface area contributed by atoms with Crippen molar-refractivity contribution < 1.29 is 13.2 Å². The molecule has 0 atom stereocenters. The largest absolute Gasteiger partial charge is 0.416 e. The summed E-state index contributed by atoms with van der Waals surface area (Å²) in [5.41, 5.74) is 1.41. The first-order chi connectivity index (χ1) is 12.2. The average molecular weight is 441 g/mol. The molecule has 0 spiro atoms. The lowest BCUT2D eigenvalue weighted by atomic mass is 10.0. The molecule has 3 aromatic rings. The fourth-order valence-corrected chi connectivity index (χ4v) is 3.11. The normalized spacial score (nSPS) is 12.3. The highest BCUT2D eigenvalue weighted by molar-refractivity contribution is 9.10. The quantitative estimate of drug-likeness (QED) is 0.520. The maximum atomic E-state index is 13.1. The SMILES string of the molecule is C.Cc1c(CN=c2nc(C)n(C)c3cnc(Br)cc23)cccc1C(F)(F)F. The molecule has 0 aliphatic rings. The van der Waals surface area contributed by atoms with Crippen LogP contribution in [0.3, 0.4) is 0 Å². The van der Waals surface area contributed by atoms with E-state index in [1.165, 1.54) is 13.0 Å². The second-order valence-electron chi connectivity index (χ2n) is 5.97. The minimum atomic E-state index is -4.38. The molecule has 0 radical (unpaired) electrons. The van der Waals surface area contributed by atoms with Crippen LogP contribution in [-0.2, 0) is 19.8 Å². The first kappa shape index (κ1) is 21.1. The van der Waals surface area contributed by atoms with Crippen LogP contribution in [0.15, 0.2) is 40.1 Å². The molecule has 0 amide bonds. The summed E-state index contributed by atoms with van der Waals surface area (Å²) in [6.45, 7) is 3.43. The van der Waals surface area contributed by atoms with Crippen LogP contribution in [0.1, 0.15) is 29.9 Å². The van der Waals surface area contributed by atoms with Gasteiger partial charge in [-0.25, -0.2) is 9.97 Å². The number of hydrogen-bond acceptors (Lipinski definition) is 3. The van der Waals surface area contributed by atoms with Gasteiger partial charge in [0, 0.05) is 12.4 Å². The number of nitrogens with zero attached hydrogens (tertiary/aromatic N) is 4. The molecule has 0 aliphatic heterocycles. The highest BCUT2D eigenvalue weighted by Gasteiger charge is 2.32. The minimum Gasteiger partial charge on any atom is -0.331 e. The molecule has 8 heteroatoms. The van der Waals surface area contributed by atoms with E-state index in [9.17, 15) is 13.2 Å². The van der Waals surface area contributed by atoms with Gasteiger partial charge in [0.05, 0.1) is 23.8 Å². The molecule has 1 aromatic carbocycles. The van der Waals surface area contributed by atoms with Crippen molar-refractivity contribution in [1.29, 1.82) is 0 Å². The van der Waals surface area contributed by atoms with Crippen molar-refractivity contribution >= 4 is 26.8 Å². The number of aryl methyl sites for hydroxylation is 2. The topological polar surface area (TPSA) is 43.1 Å². The van der Waals surface area contributed by atoms with Gasteiger partial charge in [-0.1, -0.05) is 19.6 Å². The Morgan fingerprint density at radius 1 is 1.22 bits per heavy atom. The Balaban J connectivity index is 0.00000261. The Kier molecular flexibility index (Phi) is 6.09. The summed E-state index contributed by atoms with van der Waals surface area (Å²) < 4.78 is 41.8. The standard InChI is InChI=1S/C18H16BrF3N4.CH4/c1-10-12(5-4-6-14(10)18(20,21)22)8-24-17-13-7-16(19)23-9-15(13)26(3)11(2)25-17;/h4-7,9H,8H2,1-3H3;1H4. The van der Waals surface area contributed by atoms with Gasteiger partial charge >= 0.3 is 6.18 Å². The fraction of sp³-hybridized carbons (Fsp3) is 0.316. The van der Waals surface area contributed by atoms with Crippen LogP contribution in [-0.4, -0.2) is 14.5 Å². The molecule has 144 valence electrons. The maximum Gasteiger partial charge on any atom is 0.416 e. The van der Waals surface area contributed by atoms with Gasteiger partial charge in [0.2, 0.25) is 0 Å². The van der Waals surface area contributed by atoms with Crippen LogP contribution in [0.5, 0.6) is 0 Å². The van der Waals surface area contributed by atoms with Crippen LogP contribution in [0.25, 0.3) is 10.9 Å². The summed E-state index contributed by atoms with van der Waals surface area (Å²) in [4.78, 5) is 13.2. The van der Waals surface area contributed by atoms with Gasteiger partial charge < -0.3 is 4.57 Å². The van der Waals surface area contributed by atoms with Crippen molar-refractivity contribution in [2.24, 2.45) is 12.0 Å². The molecule has 4 nitrogen and oxygen atoms in total. The number of hydrogen-bond donors (Lipinski definition) is 0. The lowest BCUT2D eigenvalue weighted by Crippen LogP contribution is -2.17. The third-order valence-corrected chi connectivity index (χ3v) is 4.79. The van der Waals surface area contributed by atoms with Crippen LogP contribution in [0.2, 0.25) is 0 Å². The summed E-state index contributed by atoms with van der Waals surface area (Å²) in [5, 5.41) is 0.782. The van der Waals surface area contributed by atoms with Crippen molar-refractivity contribution in [3.63, 3.8) is 0 Å². The predicted octanol–water partition coefficient (Wildman–Crippen LogP) is 5.10. The van der Waals surface area contributed by atoms with Gasteiger partial charge in [-0.05, 0) is 53.0 Å². The Morgan fingerprint density at radius 3 is 2.59 bits per heavy atom. The molecule has 0 fully saturated rings. The monoisotopic (exact) mass is 440 g/mol. The third kappa shape index (κ3) is 4.21. The minimum absolute atomic E-state index is 0. The summed E-state index contributed by atoms with van der Waals surface area (Å²) in [5.74, 6) is 0.737. The van der Waals surface area contributed by atoms with E-state index in [2.05, 4.69) is 30.9 Å². The molecule has 0 aliphatic carbocycles. The van der Waals surface area contributed by atoms with E-state index in [-0.39, 0.29) is 19.5 Å². The summed E-state index contributed by atoms with van der Waals surface area (Å²) in [6.07, 6.45) is -2.67. The first-order valence-corrected chi connectivity index (χ1v) is 8.63. The number of aromatic nitrogens is 3. The Hall–Kier alpha value is -2.22. The Morgan fingerprint density at radius 2 is 1.93 bits per heavy atom. The molecule has 0 unspecified atom stereocenters. The van der Waals surface area contributed by atoms with E-state index < -0.39 is 11.7 Å². The van der Waals surface area contributed by atoms with E-state index >= 15 is 0 Å². The molecule has 2 aromatic heterocycles. The summed E-state index contributed by atoms with van der Waals surface area (Å²) in [6, 6.07) is 5.95. The lowest BCUT2D eigenvalue weighted by Gasteiger charge is -2.13. The number of halogens is 4. The maximum absolute atomic E-state index is 13.1. The number of rotatable bonds is 2. The van der Waals surface area contributed by atoms with Gasteiger partial charge in [0.25, 0.3) is 0 Å². The van der Waals surface area contributed by atoms with Crippen LogP contribution in [0, 0.1) is 13.8 Å². The lowest BCUT2D eigenvalue weighted by molar-refractivity contribution is -0.138. The highest BCUT2D eigenvalue weighted by atomic mass is 79.9. The molecule has 2 heterocycles. The van der Waals surface area contributed by atoms with Gasteiger partial charge in [0.15, 0.2) is 5.49 Å². The molecule has 0 saturated heterocycles. The Bertz CT molecular complexity index is 1060. The van der Waals surface area contributed by atoms with Crippen LogP contribution >= 0.6 is 15.9 Å². The van der Waals surface area contributed by atoms with E-state index in [4.69, 9.17) is 0 Å². The second kappa shape index (κ2) is 7.80. The van der Waals surface area contributed by atoms with Crippen LogP contribution in [0.4, 0.5) is 13.2 Å². The zero-order valence-corrected chi connectivity index (χ0v) is 16.0. The summed E-state index contributed by atoms with van der Waals surface area (Å²) >= 11 is 3.33. The average Bonchev–Trinajstić information content (AvgIpc) is 2.56. The molecule has 0 saturated carbocycles. The number of pyridine rings is 1. The van der Waals surface area contributed by atoms with Gasteiger partial charge in [-0.3, -0.25) is 4.99 Å². The van der Waals surface area contributed by atoms with E-state index in [1.807, 2.05) is 18.5 Å². The molecular weight excluding hydrogens is 421 g/mol. The van der Waals surface area contributed by atoms with Crippen molar-refractivity contribution in [2.45, 2.75) is 34.0 Å². The number of alkyl halides is 3. The van der Waals surface area contributed by atoms with Gasteiger partial charge in [-0.15, -0.1) is 0 Å². The molecule has 27 heavy (non-hydrogen) atoms. The van der Waals surface area contributed by atoms with Gasteiger partial charge in [-0.2, -0.15) is 13.2 Å². The second-order valence-corrected chi connectivity index (χ2v) is 6.78. The molecule has 0 bridgehead atoms. The van der Waals surface area contributed by atoms with Gasteiger partial charge in [0.1, 0.15) is 10.4 Å². The molecular formula is C19H20BrF3N4. The number of benzene rings is 1. The van der Waals surface area contributed by atoms with Crippen molar-refractivity contribution in [3.05, 3.63) is 63.1 Å². The van der Waals surface area contributed by atoms with E-state index in [1.54, 1.807) is 18.3 Å². The van der Waals surface area contributed by atoms with Crippen molar-refractivity contribution in [1.82, 2.24) is 14.5 Å². The number of fused-ring (bicyclic) bond motifs is 1. The van der Waals surface area contributed by atoms with E-state index in [0.29, 0.717) is 15.7 Å². The smallest absolute Gasteiger partial charge is 0.331 e. The Labute approximate surface area is 163 Å². The zero-order valence-electron chi connectivity index (χ0n) is 14.4. The zero-order chi connectivity index (χ0) is 19.1. The highest BCUT2D eigenvalue weighted by Crippen LogP contribution is 2.33. The molecule has 0 N–H and O–H groups in total. The third-order valence-electron chi connectivity index (χ3n) is 4.36. The first-order valence-electron chi connectivity index (χ1n) is 7.83. The predicted molar refractivity (Wildman–Crippen MR) is 103 cm³/mol. The summed E-state index contributed by atoms with van der Waals surface area (Å²) in [7, 11) is 1.88. The van der Waals surface area contributed by atoms with Crippen LogP contribution < -0.4 is 5.49 Å². The van der Waals surface area contributed by atoms with E-state index in [0.717, 1.165) is 22.8 Å². The van der Waals surface area contributed by atoms with Crippen molar-refractivity contribution in [2.75, 3.05) is 0 Å². The fourth-order valence-electron chi connectivity index (χ4n) is 2.77. The molecule has 3 rings (SSSR count). The van der Waals surface area contributed by atoms with Crippen molar-refractivity contribution in [3.8, 4) is 0 Å².